The number of nitrogens with one attached hydrogen (secondary N) is 2. The Labute approximate surface area is 136 Å². The van der Waals surface area contributed by atoms with E-state index in [0.717, 1.165) is 0 Å². The molecule has 2 N–H and O–H groups in total. The molecule has 0 radical (unpaired) electrons. The molecule has 21 heavy (non-hydrogen) atoms. The number of pyridine rings is 1. The average molecular weight is 378 g/mol. The van der Waals surface area contributed by atoms with Crippen LogP contribution < -0.4 is 10.0 Å². The normalized spacial score (nSPS) is 14.0. The Morgan fingerprint density at radius 3 is 2.52 bits per heavy atom. The number of hydrogen-bond donors (Lipinski definition) is 2. The van der Waals surface area contributed by atoms with Crippen molar-refractivity contribution in [3.05, 3.63) is 16.7 Å². The first kappa shape index (κ1) is 18.4. The second kappa shape index (κ2) is 7.07. The van der Waals surface area contributed by atoms with E-state index in [1.165, 1.54) is 0 Å². The lowest BCUT2D eigenvalue weighted by Gasteiger charge is -2.27. The molecule has 7 heteroatoms. The highest BCUT2D eigenvalue weighted by molar-refractivity contribution is 9.10. The number of aromatic nitrogens is 1. The molecule has 0 spiro atoms. The van der Waals surface area contributed by atoms with Gasteiger partial charge in [-0.2, -0.15) is 0 Å². The minimum atomic E-state index is -3.60. The van der Waals surface area contributed by atoms with E-state index in [1.807, 2.05) is 13.8 Å². The number of rotatable bonds is 6. The van der Waals surface area contributed by atoms with Gasteiger partial charge in [0.25, 0.3) is 0 Å². The maximum absolute atomic E-state index is 12.5. The molecular weight excluding hydrogens is 354 g/mol. The molecule has 0 amide bonds. The predicted molar refractivity (Wildman–Crippen MR) is 89.9 cm³/mol. The molecule has 1 rings (SSSR count). The third-order valence-electron chi connectivity index (χ3n) is 3.51. The summed E-state index contributed by atoms with van der Waals surface area (Å²) in [7, 11) is -3.60. The summed E-state index contributed by atoms with van der Waals surface area (Å²) in [6.07, 6.45) is 1.58. The summed E-state index contributed by atoms with van der Waals surface area (Å²) in [4.78, 5) is 4.30. The highest BCUT2D eigenvalue weighted by Crippen LogP contribution is 2.26. The zero-order valence-electron chi connectivity index (χ0n) is 13.2. The van der Waals surface area contributed by atoms with Gasteiger partial charge < -0.3 is 5.32 Å². The van der Waals surface area contributed by atoms with Crippen LogP contribution in [0.4, 0.5) is 5.82 Å². The molecule has 5 nitrogen and oxygen atoms in total. The van der Waals surface area contributed by atoms with E-state index in [9.17, 15) is 8.42 Å². The fraction of sp³-hybridized carbons (Fsp3) is 0.643. The van der Waals surface area contributed by atoms with Crippen LogP contribution in [-0.2, 0) is 10.0 Å². The number of sulfonamides is 1. The van der Waals surface area contributed by atoms with Crippen molar-refractivity contribution in [1.29, 1.82) is 0 Å². The third-order valence-corrected chi connectivity index (χ3v) is 5.38. The summed E-state index contributed by atoms with van der Waals surface area (Å²) in [6, 6.07) is 1.56. The maximum Gasteiger partial charge on any atom is 0.244 e. The van der Waals surface area contributed by atoms with Crippen molar-refractivity contribution >= 4 is 31.8 Å². The van der Waals surface area contributed by atoms with Crippen molar-refractivity contribution in [3.63, 3.8) is 0 Å². The predicted octanol–water partition coefficient (Wildman–Crippen LogP) is 3.24. The Morgan fingerprint density at radius 1 is 1.38 bits per heavy atom. The lowest BCUT2D eigenvalue weighted by Crippen LogP contribution is -2.34. The van der Waals surface area contributed by atoms with Gasteiger partial charge in [0.15, 0.2) is 0 Å². The standard InChI is InChI=1S/C14H24BrN3O2S/c1-6-16-13-12(7-11(15)9-17-13)21(19,20)18-8-10(2)14(3,4)5/h7,9-10,18H,6,8H2,1-5H3,(H,16,17). The molecule has 0 aliphatic rings. The van der Waals surface area contributed by atoms with Crippen LogP contribution in [0.2, 0.25) is 0 Å². The molecule has 0 saturated heterocycles. The van der Waals surface area contributed by atoms with Gasteiger partial charge >= 0.3 is 0 Å². The molecule has 0 saturated carbocycles. The van der Waals surface area contributed by atoms with Gasteiger partial charge in [0.05, 0.1) is 0 Å². The smallest absolute Gasteiger partial charge is 0.244 e. The zero-order chi connectivity index (χ0) is 16.3. The van der Waals surface area contributed by atoms with E-state index in [0.29, 0.717) is 23.4 Å². The number of halogens is 1. The number of hydrogen-bond acceptors (Lipinski definition) is 4. The molecule has 1 aromatic heterocycles. The summed E-state index contributed by atoms with van der Waals surface area (Å²) in [6.45, 7) is 11.2. The first-order chi connectivity index (χ1) is 9.58. The van der Waals surface area contributed by atoms with Crippen molar-refractivity contribution in [1.82, 2.24) is 9.71 Å². The Morgan fingerprint density at radius 2 is 2.00 bits per heavy atom. The first-order valence-corrected chi connectivity index (χ1v) is 9.24. The summed E-state index contributed by atoms with van der Waals surface area (Å²) >= 11 is 3.27. The highest BCUT2D eigenvalue weighted by Gasteiger charge is 2.25. The van der Waals surface area contributed by atoms with E-state index in [2.05, 4.69) is 51.7 Å². The minimum Gasteiger partial charge on any atom is -0.369 e. The van der Waals surface area contributed by atoms with Crippen molar-refractivity contribution in [2.75, 3.05) is 18.4 Å². The van der Waals surface area contributed by atoms with E-state index in [1.54, 1.807) is 12.3 Å². The minimum absolute atomic E-state index is 0.0442. The molecule has 0 aliphatic carbocycles. The fourth-order valence-corrected chi connectivity index (χ4v) is 3.31. The molecule has 120 valence electrons. The molecule has 0 fully saturated rings. The van der Waals surface area contributed by atoms with Crippen LogP contribution in [0.3, 0.4) is 0 Å². The van der Waals surface area contributed by atoms with Crippen LogP contribution >= 0.6 is 15.9 Å². The largest absolute Gasteiger partial charge is 0.369 e. The van der Waals surface area contributed by atoms with Crippen molar-refractivity contribution < 1.29 is 8.42 Å². The summed E-state index contributed by atoms with van der Waals surface area (Å²) in [5, 5.41) is 2.98. The van der Waals surface area contributed by atoms with Gasteiger partial charge in [-0.25, -0.2) is 18.1 Å². The Kier molecular flexibility index (Phi) is 6.19. The second-order valence-corrected chi connectivity index (χ2v) is 8.80. The molecule has 0 aliphatic heterocycles. The quantitative estimate of drug-likeness (QED) is 0.797. The SMILES string of the molecule is CCNc1ncc(Br)cc1S(=O)(=O)NCC(C)C(C)(C)C. The van der Waals surface area contributed by atoms with Crippen LogP contribution in [-0.4, -0.2) is 26.5 Å². The van der Waals surface area contributed by atoms with Crippen LogP contribution in [0.15, 0.2) is 21.6 Å². The molecule has 0 aromatic carbocycles. The molecule has 0 bridgehead atoms. The van der Waals surface area contributed by atoms with Gasteiger partial charge in [-0.15, -0.1) is 0 Å². The van der Waals surface area contributed by atoms with Gasteiger partial charge in [0.2, 0.25) is 10.0 Å². The second-order valence-electron chi connectivity index (χ2n) is 6.15. The van der Waals surface area contributed by atoms with E-state index >= 15 is 0 Å². The molecule has 1 unspecified atom stereocenters. The number of anilines is 1. The molecular formula is C14H24BrN3O2S. The zero-order valence-corrected chi connectivity index (χ0v) is 15.6. The molecule has 1 atom stereocenters. The van der Waals surface area contributed by atoms with Crippen molar-refractivity contribution in [2.45, 2.75) is 39.5 Å². The van der Waals surface area contributed by atoms with Gasteiger partial charge in [-0.05, 0) is 40.3 Å². The van der Waals surface area contributed by atoms with Gasteiger partial charge in [0.1, 0.15) is 10.7 Å². The summed E-state index contributed by atoms with van der Waals surface area (Å²) in [5.41, 5.74) is 0.0442. The van der Waals surface area contributed by atoms with E-state index < -0.39 is 10.0 Å². The van der Waals surface area contributed by atoms with Gasteiger partial charge in [0, 0.05) is 23.8 Å². The number of nitrogens with zero attached hydrogens (tertiary/aromatic N) is 1. The first-order valence-electron chi connectivity index (χ1n) is 6.97. The average Bonchev–Trinajstić information content (AvgIpc) is 2.37. The van der Waals surface area contributed by atoms with E-state index in [4.69, 9.17) is 0 Å². The monoisotopic (exact) mass is 377 g/mol. The Hall–Kier alpha value is -0.660. The van der Waals surface area contributed by atoms with E-state index in [-0.39, 0.29) is 16.2 Å². The van der Waals surface area contributed by atoms with Crippen LogP contribution in [0.1, 0.15) is 34.6 Å². The molecule has 1 heterocycles. The van der Waals surface area contributed by atoms with Crippen molar-refractivity contribution in [2.24, 2.45) is 11.3 Å². The van der Waals surface area contributed by atoms with Crippen LogP contribution in [0, 0.1) is 11.3 Å². The van der Waals surface area contributed by atoms with Gasteiger partial charge in [-0.3, -0.25) is 0 Å². The topological polar surface area (TPSA) is 71.1 Å². The lowest BCUT2D eigenvalue weighted by molar-refractivity contribution is 0.263. The maximum atomic E-state index is 12.5. The fourth-order valence-electron chi connectivity index (χ4n) is 1.54. The lowest BCUT2D eigenvalue weighted by atomic mass is 9.82. The van der Waals surface area contributed by atoms with Crippen molar-refractivity contribution in [3.8, 4) is 0 Å². The Bertz CT molecular complexity index is 582. The Balaban J connectivity index is 3.00. The third kappa shape index (κ3) is 5.23. The molecule has 1 aromatic rings. The van der Waals surface area contributed by atoms with Gasteiger partial charge in [-0.1, -0.05) is 27.7 Å². The van der Waals surface area contributed by atoms with Crippen LogP contribution in [0.5, 0.6) is 0 Å². The summed E-state index contributed by atoms with van der Waals surface area (Å²) < 4.78 is 28.3. The highest BCUT2D eigenvalue weighted by atomic mass is 79.9. The van der Waals surface area contributed by atoms with Crippen LogP contribution in [0.25, 0.3) is 0 Å². The summed E-state index contributed by atoms with van der Waals surface area (Å²) in [5.74, 6) is 0.589.